The van der Waals surface area contributed by atoms with Crippen molar-refractivity contribution < 1.29 is 9.53 Å². The fourth-order valence-electron chi connectivity index (χ4n) is 6.23. The number of carbonyl (C=O) groups excluding carboxylic acids is 1. The third-order valence-electron chi connectivity index (χ3n) is 7.62. The summed E-state index contributed by atoms with van der Waals surface area (Å²) in [5, 5.41) is 0.910. The van der Waals surface area contributed by atoms with E-state index in [-0.39, 0.29) is 5.41 Å². The van der Waals surface area contributed by atoms with E-state index < -0.39 is 0 Å². The van der Waals surface area contributed by atoms with Gasteiger partial charge in [0.05, 0.1) is 7.11 Å². The lowest BCUT2D eigenvalue weighted by Crippen LogP contribution is -2.40. The molecule has 1 saturated carbocycles. The van der Waals surface area contributed by atoms with E-state index in [0.29, 0.717) is 42.8 Å². The van der Waals surface area contributed by atoms with Crippen LogP contribution in [0.4, 0.5) is 5.13 Å². The van der Waals surface area contributed by atoms with E-state index in [9.17, 15) is 4.79 Å². The molecule has 1 aliphatic heterocycles. The summed E-state index contributed by atoms with van der Waals surface area (Å²) in [6, 6.07) is 8.74. The largest absolute Gasteiger partial charge is 0.497 e. The molecule has 1 aromatic carbocycles. The van der Waals surface area contributed by atoms with E-state index in [1.165, 1.54) is 18.0 Å². The van der Waals surface area contributed by atoms with Crippen LogP contribution >= 0.6 is 11.5 Å². The SMILES string of the molecule is CC[C@@H](C)N(CCC(=O)N1C[C@@]2(C)C[C@H]1CC(C)(C)C2)c1nc(Cc2cccc(OC)c2)ns1. The number of fused-ring (bicyclic) bond motifs is 2. The molecule has 4 rings (SSSR count). The third kappa shape index (κ3) is 5.56. The van der Waals surface area contributed by atoms with Crippen molar-refractivity contribution >= 4 is 22.6 Å². The second-order valence-electron chi connectivity index (χ2n) is 11.5. The minimum atomic E-state index is 0.271. The highest BCUT2D eigenvalue weighted by atomic mass is 32.1. The summed E-state index contributed by atoms with van der Waals surface area (Å²) in [4.78, 5) is 22.7. The minimum Gasteiger partial charge on any atom is -0.497 e. The second kappa shape index (κ2) is 9.84. The van der Waals surface area contributed by atoms with E-state index in [0.717, 1.165) is 48.1 Å². The van der Waals surface area contributed by atoms with Crippen molar-refractivity contribution in [2.75, 3.05) is 25.1 Å². The van der Waals surface area contributed by atoms with E-state index in [4.69, 9.17) is 9.72 Å². The number of likely N-dealkylation sites (tertiary alicyclic amines) is 1. The molecule has 6 nitrogen and oxygen atoms in total. The van der Waals surface area contributed by atoms with Gasteiger partial charge >= 0.3 is 0 Å². The topological polar surface area (TPSA) is 58.6 Å². The van der Waals surface area contributed by atoms with Crippen LogP contribution in [0.3, 0.4) is 0 Å². The van der Waals surface area contributed by atoms with Crippen LogP contribution in [-0.2, 0) is 11.2 Å². The first kappa shape index (κ1) is 25.0. The molecule has 34 heavy (non-hydrogen) atoms. The fraction of sp³-hybridized carbons (Fsp3) is 0.667. The van der Waals surface area contributed by atoms with Crippen molar-refractivity contribution in [1.82, 2.24) is 14.3 Å². The Morgan fingerprint density at radius 1 is 1.32 bits per heavy atom. The van der Waals surface area contributed by atoms with Gasteiger partial charge in [0.25, 0.3) is 0 Å². The molecule has 1 aliphatic carbocycles. The van der Waals surface area contributed by atoms with Crippen LogP contribution in [0.5, 0.6) is 5.75 Å². The molecule has 0 unspecified atom stereocenters. The number of ether oxygens (including phenoxy) is 1. The van der Waals surface area contributed by atoms with Gasteiger partial charge in [-0.25, -0.2) is 4.98 Å². The lowest BCUT2D eigenvalue weighted by Gasteiger charge is -2.39. The van der Waals surface area contributed by atoms with Gasteiger partial charge in [-0.3, -0.25) is 4.79 Å². The molecule has 2 aliphatic rings. The average Bonchev–Trinajstić information content (AvgIpc) is 3.34. The molecular formula is C27H40N4O2S. The van der Waals surface area contributed by atoms with Gasteiger partial charge in [-0.2, -0.15) is 4.37 Å². The van der Waals surface area contributed by atoms with Gasteiger partial charge in [-0.1, -0.05) is 39.8 Å². The van der Waals surface area contributed by atoms with Crippen LogP contribution in [0.15, 0.2) is 24.3 Å². The van der Waals surface area contributed by atoms with Gasteiger partial charge in [-0.05, 0) is 61.1 Å². The highest BCUT2D eigenvalue weighted by Crippen LogP contribution is 2.52. The number of anilines is 1. The molecule has 0 spiro atoms. The average molecular weight is 485 g/mol. The Morgan fingerprint density at radius 2 is 2.12 bits per heavy atom. The van der Waals surface area contributed by atoms with Crippen molar-refractivity contribution in [3.8, 4) is 5.75 Å². The molecular weight excluding hydrogens is 444 g/mol. The molecule has 1 saturated heterocycles. The van der Waals surface area contributed by atoms with Crippen LogP contribution in [0.1, 0.15) is 78.1 Å². The molecule has 0 radical (unpaired) electrons. The normalized spacial score (nSPS) is 24.2. The van der Waals surface area contributed by atoms with Crippen LogP contribution in [0, 0.1) is 10.8 Å². The molecule has 7 heteroatoms. The summed E-state index contributed by atoms with van der Waals surface area (Å²) < 4.78 is 9.97. The highest BCUT2D eigenvalue weighted by molar-refractivity contribution is 7.09. The third-order valence-corrected chi connectivity index (χ3v) is 8.42. The Labute approximate surface area is 208 Å². The first-order valence-electron chi connectivity index (χ1n) is 12.6. The summed E-state index contributed by atoms with van der Waals surface area (Å²) in [7, 11) is 1.68. The predicted molar refractivity (Wildman–Crippen MR) is 139 cm³/mol. The smallest absolute Gasteiger partial charge is 0.224 e. The lowest BCUT2D eigenvalue weighted by molar-refractivity contribution is -0.132. The summed E-state index contributed by atoms with van der Waals surface area (Å²) in [6.07, 6.45) is 5.68. The molecule has 3 atom stereocenters. The summed E-state index contributed by atoms with van der Waals surface area (Å²) in [5.74, 6) is 1.95. The van der Waals surface area contributed by atoms with Crippen molar-refractivity contribution in [2.24, 2.45) is 10.8 Å². The number of aromatic nitrogens is 2. The fourth-order valence-corrected chi connectivity index (χ4v) is 7.05. The van der Waals surface area contributed by atoms with Crippen LogP contribution in [0.25, 0.3) is 0 Å². The summed E-state index contributed by atoms with van der Waals surface area (Å²) in [5.41, 5.74) is 1.72. The first-order valence-corrected chi connectivity index (χ1v) is 13.4. The van der Waals surface area contributed by atoms with E-state index in [1.807, 2.05) is 18.2 Å². The molecule has 2 fully saturated rings. The van der Waals surface area contributed by atoms with Gasteiger partial charge in [-0.15, -0.1) is 0 Å². The summed E-state index contributed by atoms with van der Waals surface area (Å²) >= 11 is 1.44. The maximum Gasteiger partial charge on any atom is 0.224 e. The zero-order valence-corrected chi connectivity index (χ0v) is 22.5. The second-order valence-corrected chi connectivity index (χ2v) is 12.2. The molecule has 2 heterocycles. The minimum absolute atomic E-state index is 0.271. The standard InChI is InChI=1S/C27H40N4O2S/c1-7-19(2)30(25-28-23(29-34-25)14-20-9-8-10-22(13-20)33-6)12-11-24(32)31-18-27(5)16-21(31)15-26(3,4)17-27/h8-10,13,19,21H,7,11-12,14-18H2,1-6H3/t19-,21-,27+/m1/s1. The number of methoxy groups -OCH3 is 1. The van der Waals surface area contributed by atoms with Gasteiger partial charge in [0.1, 0.15) is 11.6 Å². The van der Waals surface area contributed by atoms with E-state index in [1.54, 1.807) is 7.11 Å². The van der Waals surface area contributed by atoms with Gasteiger partial charge in [0.2, 0.25) is 11.0 Å². The number of rotatable bonds is 9. The quantitative estimate of drug-likeness (QED) is 0.466. The number of amides is 1. The van der Waals surface area contributed by atoms with Crippen LogP contribution < -0.4 is 9.64 Å². The Bertz CT molecular complexity index is 1010. The Balaban J connectivity index is 1.42. The number of nitrogens with zero attached hydrogens (tertiary/aromatic N) is 4. The first-order chi connectivity index (χ1) is 16.1. The number of carbonyl (C=O) groups is 1. The molecule has 1 aromatic heterocycles. The maximum absolute atomic E-state index is 13.3. The molecule has 2 bridgehead atoms. The Kier molecular flexibility index (Phi) is 7.22. The lowest BCUT2D eigenvalue weighted by atomic mass is 9.65. The molecule has 1 amide bonds. The predicted octanol–water partition coefficient (Wildman–Crippen LogP) is 5.56. The molecule has 2 aromatic rings. The van der Waals surface area contributed by atoms with E-state index >= 15 is 0 Å². The van der Waals surface area contributed by atoms with Gasteiger partial charge in [0, 0.05) is 49.5 Å². The van der Waals surface area contributed by atoms with Crippen molar-refractivity contribution in [2.45, 2.75) is 85.2 Å². The summed E-state index contributed by atoms with van der Waals surface area (Å²) in [6.45, 7) is 13.1. The highest BCUT2D eigenvalue weighted by Gasteiger charge is 2.50. The monoisotopic (exact) mass is 484 g/mol. The molecule has 0 N–H and O–H groups in total. The van der Waals surface area contributed by atoms with Crippen molar-refractivity contribution in [1.29, 1.82) is 0 Å². The Morgan fingerprint density at radius 3 is 2.85 bits per heavy atom. The van der Waals surface area contributed by atoms with Gasteiger partial charge in [0.15, 0.2) is 0 Å². The van der Waals surface area contributed by atoms with Crippen molar-refractivity contribution in [3.63, 3.8) is 0 Å². The molecule has 186 valence electrons. The number of benzene rings is 1. The van der Waals surface area contributed by atoms with Crippen LogP contribution in [0.2, 0.25) is 0 Å². The number of hydrogen-bond acceptors (Lipinski definition) is 6. The zero-order valence-electron chi connectivity index (χ0n) is 21.6. The van der Waals surface area contributed by atoms with Gasteiger partial charge < -0.3 is 14.5 Å². The van der Waals surface area contributed by atoms with Crippen molar-refractivity contribution in [3.05, 3.63) is 35.7 Å². The zero-order chi connectivity index (χ0) is 24.5. The van der Waals surface area contributed by atoms with Crippen LogP contribution in [-0.4, -0.2) is 52.4 Å². The van der Waals surface area contributed by atoms with E-state index in [2.05, 4.69) is 54.9 Å². The maximum atomic E-state index is 13.3. The number of hydrogen-bond donors (Lipinski definition) is 0. The Hall–Kier alpha value is -2.15.